The maximum Gasteiger partial charge on any atom is 0.124 e. The summed E-state index contributed by atoms with van der Waals surface area (Å²) in [6.07, 6.45) is 7.39. The Bertz CT molecular complexity index is 985. The topological polar surface area (TPSA) is 66.5 Å². The molecule has 1 aliphatic rings. The van der Waals surface area contributed by atoms with E-state index in [1.165, 1.54) is 12.1 Å². The van der Waals surface area contributed by atoms with Gasteiger partial charge in [0.05, 0.1) is 16.8 Å². The number of nitrogens with zero attached hydrogens (tertiary/aromatic N) is 4. The third-order valence-corrected chi connectivity index (χ3v) is 4.85. The quantitative estimate of drug-likeness (QED) is 0.796. The van der Waals surface area contributed by atoms with Crippen LogP contribution in [0.5, 0.6) is 0 Å². The zero-order valence-electron chi connectivity index (χ0n) is 14.0. The highest BCUT2D eigenvalue weighted by atomic mass is 19.1. The largest absolute Gasteiger partial charge is 0.383 e. The van der Waals surface area contributed by atoms with E-state index in [2.05, 4.69) is 25.9 Å². The number of aromatic nitrogens is 3. The zero-order chi connectivity index (χ0) is 17.4. The molecule has 1 unspecified atom stereocenters. The number of halogens is 1. The summed E-state index contributed by atoms with van der Waals surface area (Å²) in [7, 11) is 0. The monoisotopic (exact) mass is 335 g/mol. The van der Waals surface area contributed by atoms with Crippen LogP contribution in [0.4, 0.5) is 10.1 Å². The lowest BCUT2D eigenvalue weighted by Crippen LogP contribution is -2.26. The van der Waals surface area contributed by atoms with Gasteiger partial charge in [0.1, 0.15) is 17.7 Å². The van der Waals surface area contributed by atoms with Crippen molar-refractivity contribution >= 4 is 16.6 Å². The number of rotatable bonds is 3. The maximum absolute atomic E-state index is 13.9. The number of pyridine rings is 1. The minimum Gasteiger partial charge on any atom is -0.383 e. The molecule has 4 rings (SSSR count). The van der Waals surface area contributed by atoms with Gasteiger partial charge in [-0.15, -0.1) is 0 Å². The summed E-state index contributed by atoms with van der Waals surface area (Å²) in [4.78, 5) is 8.68. The Hall–Kier alpha value is -2.94. The van der Waals surface area contributed by atoms with Gasteiger partial charge in [0.15, 0.2) is 0 Å². The summed E-state index contributed by atoms with van der Waals surface area (Å²) in [5, 5.41) is 13.5. The summed E-state index contributed by atoms with van der Waals surface area (Å²) in [6.45, 7) is 3.46. The van der Waals surface area contributed by atoms with Crippen LogP contribution in [0.1, 0.15) is 23.4 Å². The molecule has 0 spiro atoms. The lowest BCUT2D eigenvalue weighted by atomic mass is 9.98. The number of nitrogens with one attached hydrogen (secondary N) is 1. The average Bonchev–Trinajstić information content (AvgIpc) is 3.07. The molecule has 0 bridgehead atoms. The molecule has 0 radical (unpaired) electrons. The van der Waals surface area contributed by atoms with E-state index in [0.29, 0.717) is 22.6 Å². The third-order valence-electron chi connectivity index (χ3n) is 4.85. The zero-order valence-corrected chi connectivity index (χ0v) is 14.0. The molecule has 1 atom stereocenters. The standard InChI is InChI=1S/C19H18FN5/c1-12-6-15(20)7-16-18(12)24-10-14(8-21)19(16)23-9-13-2-3-17-22-4-5-25(17)11-13/h4-7,10,13H,2-3,9,11H2,1H3,(H,23,24). The van der Waals surface area contributed by atoms with Gasteiger partial charge >= 0.3 is 0 Å². The molecule has 0 saturated heterocycles. The molecule has 1 N–H and O–H groups in total. The fraction of sp³-hybridized carbons (Fsp3) is 0.316. The molecule has 25 heavy (non-hydrogen) atoms. The number of imidazole rings is 1. The summed E-state index contributed by atoms with van der Waals surface area (Å²) in [6, 6.07) is 5.08. The van der Waals surface area contributed by atoms with Crippen molar-refractivity contribution in [3.8, 4) is 6.07 Å². The molecule has 0 amide bonds. The van der Waals surface area contributed by atoms with E-state index in [1.54, 1.807) is 6.20 Å². The Kier molecular flexibility index (Phi) is 3.85. The molecule has 0 saturated carbocycles. The second-order valence-electron chi connectivity index (χ2n) is 6.56. The van der Waals surface area contributed by atoms with Gasteiger partial charge in [0, 0.05) is 43.5 Å². The fourth-order valence-corrected chi connectivity index (χ4v) is 3.56. The second kappa shape index (κ2) is 6.17. The van der Waals surface area contributed by atoms with E-state index >= 15 is 0 Å². The van der Waals surface area contributed by atoms with E-state index in [1.807, 2.05) is 19.3 Å². The van der Waals surface area contributed by atoms with Crippen molar-refractivity contribution in [2.45, 2.75) is 26.3 Å². The average molecular weight is 335 g/mol. The van der Waals surface area contributed by atoms with Gasteiger partial charge in [-0.05, 0) is 37.0 Å². The number of anilines is 1. The Morgan fingerprint density at radius 3 is 3.12 bits per heavy atom. The van der Waals surface area contributed by atoms with Gasteiger partial charge in [-0.2, -0.15) is 5.26 Å². The number of fused-ring (bicyclic) bond motifs is 2. The molecule has 6 heteroatoms. The first-order valence-electron chi connectivity index (χ1n) is 8.38. The van der Waals surface area contributed by atoms with Crippen LogP contribution in [0.25, 0.3) is 10.9 Å². The Morgan fingerprint density at radius 1 is 1.40 bits per heavy atom. The van der Waals surface area contributed by atoms with Crippen molar-refractivity contribution in [1.29, 1.82) is 5.26 Å². The lowest BCUT2D eigenvalue weighted by molar-refractivity contribution is 0.381. The third kappa shape index (κ3) is 2.82. The number of nitriles is 1. The SMILES string of the molecule is Cc1cc(F)cc2c(NCC3CCc4nccn4C3)c(C#N)cnc12. The molecular weight excluding hydrogens is 317 g/mol. The van der Waals surface area contributed by atoms with Gasteiger partial charge in [-0.25, -0.2) is 9.37 Å². The van der Waals surface area contributed by atoms with Gasteiger partial charge in [0.2, 0.25) is 0 Å². The molecule has 5 nitrogen and oxygen atoms in total. The summed E-state index contributed by atoms with van der Waals surface area (Å²) in [5.74, 6) is 1.25. The summed E-state index contributed by atoms with van der Waals surface area (Å²) < 4.78 is 16.1. The molecular formula is C19H18FN5. The van der Waals surface area contributed by atoms with Crippen molar-refractivity contribution in [3.63, 3.8) is 0 Å². The van der Waals surface area contributed by atoms with Gasteiger partial charge < -0.3 is 9.88 Å². The van der Waals surface area contributed by atoms with Crippen LogP contribution in [0.2, 0.25) is 0 Å². The first kappa shape index (κ1) is 15.6. The summed E-state index contributed by atoms with van der Waals surface area (Å²) >= 11 is 0. The first-order chi connectivity index (χ1) is 12.2. The highest BCUT2D eigenvalue weighted by Crippen LogP contribution is 2.29. The summed E-state index contributed by atoms with van der Waals surface area (Å²) in [5.41, 5.74) is 2.61. The van der Waals surface area contributed by atoms with Crippen molar-refractivity contribution in [2.24, 2.45) is 5.92 Å². The molecule has 0 aliphatic carbocycles. The molecule has 2 aromatic heterocycles. The van der Waals surface area contributed by atoms with E-state index in [-0.39, 0.29) is 5.82 Å². The predicted molar refractivity (Wildman–Crippen MR) is 93.7 cm³/mol. The predicted octanol–water partition coefficient (Wildman–Crippen LogP) is 3.43. The van der Waals surface area contributed by atoms with Crippen molar-refractivity contribution in [3.05, 3.63) is 53.5 Å². The van der Waals surface area contributed by atoms with Crippen LogP contribution in [-0.4, -0.2) is 21.1 Å². The normalized spacial score (nSPS) is 16.4. The Morgan fingerprint density at radius 2 is 2.28 bits per heavy atom. The molecule has 126 valence electrons. The van der Waals surface area contributed by atoms with Crippen molar-refractivity contribution in [1.82, 2.24) is 14.5 Å². The van der Waals surface area contributed by atoms with Crippen LogP contribution in [0, 0.1) is 30.0 Å². The van der Waals surface area contributed by atoms with Crippen LogP contribution in [0.15, 0.2) is 30.7 Å². The van der Waals surface area contributed by atoms with Crippen LogP contribution in [-0.2, 0) is 13.0 Å². The van der Waals surface area contributed by atoms with E-state index in [9.17, 15) is 9.65 Å². The minimum absolute atomic E-state index is 0.314. The van der Waals surface area contributed by atoms with Crippen LogP contribution < -0.4 is 5.32 Å². The van der Waals surface area contributed by atoms with Crippen LogP contribution in [0.3, 0.4) is 0 Å². The minimum atomic E-state index is -0.314. The highest BCUT2D eigenvalue weighted by molar-refractivity contribution is 5.95. The van der Waals surface area contributed by atoms with Gasteiger partial charge in [-0.3, -0.25) is 4.98 Å². The Balaban J connectivity index is 1.64. The number of hydrogen-bond acceptors (Lipinski definition) is 4. The number of benzene rings is 1. The molecule has 3 heterocycles. The van der Waals surface area contributed by atoms with Crippen LogP contribution >= 0.6 is 0 Å². The van der Waals surface area contributed by atoms with Crippen molar-refractivity contribution in [2.75, 3.05) is 11.9 Å². The fourth-order valence-electron chi connectivity index (χ4n) is 3.56. The van der Waals surface area contributed by atoms with Gasteiger partial charge in [0.25, 0.3) is 0 Å². The number of aryl methyl sites for hydroxylation is 2. The lowest BCUT2D eigenvalue weighted by Gasteiger charge is -2.25. The number of hydrogen-bond donors (Lipinski definition) is 1. The van der Waals surface area contributed by atoms with E-state index in [4.69, 9.17) is 0 Å². The van der Waals surface area contributed by atoms with E-state index in [0.717, 1.165) is 42.8 Å². The molecule has 0 fully saturated rings. The molecule has 3 aromatic rings. The maximum atomic E-state index is 13.9. The second-order valence-corrected chi connectivity index (χ2v) is 6.56. The Labute approximate surface area is 145 Å². The van der Waals surface area contributed by atoms with E-state index < -0.39 is 0 Å². The van der Waals surface area contributed by atoms with Crippen molar-refractivity contribution < 1.29 is 4.39 Å². The van der Waals surface area contributed by atoms with Gasteiger partial charge in [-0.1, -0.05) is 0 Å². The first-order valence-corrected chi connectivity index (χ1v) is 8.38. The molecule has 1 aliphatic heterocycles. The molecule has 1 aromatic carbocycles. The highest BCUT2D eigenvalue weighted by Gasteiger charge is 2.20. The smallest absolute Gasteiger partial charge is 0.124 e.